The van der Waals surface area contributed by atoms with Crippen molar-refractivity contribution in [2.45, 2.75) is 45.7 Å². The number of ether oxygens (including phenoxy) is 1. The molecule has 3 rings (SSSR count). The second-order valence-electron chi connectivity index (χ2n) is 7.48. The SMILES string of the molecule is CC(C)N1CCN(CCOc2cc3n(n2)CCCC3)CC1.O=C(O)C=CC(=O)O. The smallest absolute Gasteiger partial charge is 0.328 e. The molecule has 0 unspecified atom stereocenters. The van der Waals surface area contributed by atoms with Crippen molar-refractivity contribution in [3.05, 3.63) is 23.9 Å². The average Bonchev–Trinajstić information content (AvgIpc) is 3.10. The van der Waals surface area contributed by atoms with Crippen LogP contribution < -0.4 is 4.74 Å². The number of hydrogen-bond acceptors (Lipinski definition) is 6. The number of aromatic nitrogens is 2. The maximum absolute atomic E-state index is 9.55. The van der Waals surface area contributed by atoms with Gasteiger partial charge in [0.1, 0.15) is 6.61 Å². The summed E-state index contributed by atoms with van der Waals surface area (Å²) in [6.45, 7) is 12.0. The van der Waals surface area contributed by atoms with Crippen molar-refractivity contribution in [1.29, 1.82) is 0 Å². The van der Waals surface area contributed by atoms with Crippen LogP contribution in [-0.2, 0) is 22.6 Å². The third-order valence-corrected chi connectivity index (χ3v) is 5.06. The van der Waals surface area contributed by atoms with Crippen molar-refractivity contribution in [1.82, 2.24) is 19.6 Å². The molecular formula is C20H32N4O5. The average molecular weight is 408 g/mol. The van der Waals surface area contributed by atoms with Gasteiger partial charge in [-0.15, -0.1) is 5.10 Å². The first-order chi connectivity index (χ1) is 13.8. The Morgan fingerprint density at radius 1 is 1.10 bits per heavy atom. The lowest BCUT2D eigenvalue weighted by Gasteiger charge is -2.36. The fraction of sp³-hybridized carbons (Fsp3) is 0.650. The summed E-state index contributed by atoms with van der Waals surface area (Å²) in [5, 5.41) is 20.2. The third-order valence-electron chi connectivity index (χ3n) is 5.06. The molecule has 0 aromatic carbocycles. The molecular weight excluding hydrogens is 376 g/mol. The number of fused-ring (bicyclic) bond motifs is 1. The number of piperazine rings is 1. The number of hydrogen-bond donors (Lipinski definition) is 2. The van der Waals surface area contributed by atoms with E-state index in [1.165, 1.54) is 31.6 Å². The summed E-state index contributed by atoms with van der Waals surface area (Å²) < 4.78 is 7.96. The molecule has 0 saturated carbocycles. The second kappa shape index (κ2) is 11.6. The van der Waals surface area contributed by atoms with Crippen LogP contribution in [0.15, 0.2) is 18.2 Å². The van der Waals surface area contributed by atoms with Crippen molar-refractivity contribution in [3.63, 3.8) is 0 Å². The van der Waals surface area contributed by atoms with Crippen LogP contribution in [0.5, 0.6) is 5.88 Å². The highest BCUT2D eigenvalue weighted by atomic mass is 16.5. The zero-order valence-electron chi connectivity index (χ0n) is 17.3. The lowest BCUT2D eigenvalue weighted by Crippen LogP contribution is -2.49. The van der Waals surface area contributed by atoms with Crippen molar-refractivity contribution < 1.29 is 24.5 Å². The van der Waals surface area contributed by atoms with Crippen LogP contribution in [0.3, 0.4) is 0 Å². The Morgan fingerprint density at radius 2 is 1.76 bits per heavy atom. The summed E-state index contributed by atoms with van der Waals surface area (Å²) in [7, 11) is 0. The highest BCUT2D eigenvalue weighted by molar-refractivity contribution is 5.89. The summed E-state index contributed by atoms with van der Waals surface area (Å²) in [5.41, 5.74) is 1.33. The third kappa shape index (κ3) is 8.25. The Morgan fingerprint density at radius 3 is 2.31 bits per heavy atom. The molecule has 1 fully saturated rings. The number of carbonyl (C=O) groups is 2. The predicted octanol–water partition coefficient (Wildman–Crippen LogP) is 1.34. The number of rotatable bonds is 7. The van der Waals surface area contributed by atoms with Gasteiger partial charge in [-0.25, -0.2) is 9.59 Å². The van der Waals surface area contributed by atoms with Gasteiger partial charge in [0.15, 0.2) is 0 Å². The minimum absolute atomic E-state index is 0.558. The van der Waals surface area contributed by atoms with Crippen molar-refractivity contribution in [2.24, 2.45) is 0 Å². The Hall–Kier alpha value is -2.39. The van der Waals surface area contributed by atoms with Crippen LogP contribution in [0.25, 0.3) is 0 Å². The van der Waals surface area contributed by atoms with Crippen LogP contribution in [0.2, 0.25) is 0 Å². The first kappa shape index (κ1) is 22.9. The lowest BCUT2D eigenvalue weighted by atomic mass is 10.1. The topological polar surface area (TPSA) is 108 Å². The fourth-order valence-corrected chi connectivity index (χ4v) is 3.39. The Bertz CT molecular complexity index is 654. The molecule has 0 spiro atoms. The maximum Gasteiger partial charge on any atom is 0.328 e. The van der Waals surface area contributed by atoms with Gasteiger partial charge in [-0.3, -0.25) is 14.5 Å². The first-order valence-electron chi connectivity index (χ1n) is 10.1. The van der Waals surface area contributed by atoms with E-state index in [-0.39, 0.29) is 0 Å². The van der Waals surface area contributed by atoms with Crippen molar-refractivity contribution in [2.75, 3.05) is 39.3 Å². The molecule has 2 aliphatic heterocycles. The maximum atomic E-state index is 9.55. The normalized spacial score (nSPS) is 17.6. The van der Waals surface area contributed by atoms with Gasteiger partial charge in [0.2, 0.25) is 5.88 Å². The van der Waals surface area contributed by atoms with Crippen LogP contribution >= 0.6 is 0 Å². The van der Waals surface area contributed by atoms with E-state index in [1.807, 2.05) is 0 Å². The molecule has 1 aromatic heterocycles. The van der Waals surface area contributed by atoms with Gasteiger partial charge in [0, 0.05) is 69.2 Å². The summed E-state index contributed by atoms with van der Waals surface area (Å²) >= 11 is 0. The standard InChI is InChI=1S/C16H28N4O.C4H4O4/c1-14(2)19-9-7-18(8-10-19)11-12-21-16-13-15-5-3-4-6-20(15)17-16;5-3(6)1-2-4(7)8/h13-14H,3-12H2,1-2H3;1-2H,(H,5,6)(H,7,8). The number of aliphatic carboxylic acids is 2. The van der Waals surface area contributed by atoms with Gasteiger partial charge in [-0.05, 0) is 33.1 Å². The summed E-state index contributed by atoms with van der Waals surface area (Å²) in [5.74, 6) is -1.70. The van der Waals surface area contributed by atoms with Crippen LogP contribution in [0.1, 0.15) is 32.4 Å². The van der Waals surface area contributed by atoms with E-state index in [0.717, 1.165) is 45.1 Å². The summed E-state index contributed by atoms with van der Waals surface area (Å²) in [4.78, 5) is 24.1. The zero-order chi connectivity index (χ0) is 21.2. The van der Waals surface area contributed by atoms with Crippen molar-refractivity contribution in [3.8, 4) is 5.88 Å². The van der Waals surface area contributed by atoms with E-state index in [9.17, 15) is 9.59 Å². The Balaban J connectivity index is 0.000000321. The Kier molecular flexibility index (Phi) is 9.14. The highest BCUT2D eigenvalue weighted by Crippen LogP contribution is 2.19. The summed E-state index contributed by atoms with van der Waals surface area (Å²) in [6, 6.07) is 2.79. The van der Waals surface area contributed by atoms with E-state index in [1.54, 1.807) is 0 Å². The molecule has 1 saturated heterocycles. The van der Waals surface area contributed by atoms with Crippen LogP contribution in [0, 0.1) is 0 Å². The lowest BCUT2D eigenvalue weighted by molar-refractivity contribution is -0.134. The number of carboxylic acid groups (broad SMARTS) is 2. The molecule has 2 N–H and O–H groups in total. The molecule has 3 heterocycles. The zero-order valence-corrected chi connectivity index (χ0v) is 17.3. The molecule has 9 heteroatoms. The van der Waals surface area contributed by atoms with Crippen molar-refractivity contribution >= 4 is 11.9 Å². The quantitative estimate of drug-likeness (QED) is 0.651. The number of carboxylic acids is 2. The van der Waals surface area contributed by atoms with E-state index in [0.29, 0.717) is 18.2 Å². The predicted molar refractivity (Wildman–Crippen MR) is 108 cm³/mol. The van der Waals surface area contributed by atoms with Gasteiger partial charge < -0.3 is 14.9 Å². The number of nitrogens with zero attached hydrogens (tertiary/aromatic N) is 4. The number of aryl methyl sites for hydroxylation is 2. The van der Waals surface area contributed by atoms with E-state index in [4.69, 9.17) is 14.9 Å². The van der Waals surface area contributed by atoms with E-state index >= 15 is 0 Å². The Labute approximate surface area is 171 Å². The molecule has 0 radical (unpaired) electrons. The molecule has 9 nitrogen and oxygen atoms in total. The van der Waals surface area contributed by atoms with Gasteiger partial charge in [-0.2, -0.15) is 0 Å². The fourth-order valence-electron chi connectivity index (χ4n) is 3.39. The molecule has 29 heavy (non-hydrogen) atoms. The molecule has 0 aliphatic carbocycles. The molecule has 162 valence electrons. The second-order valence-corrected chi connectivity index (χ2v) is 7.48. The molecule has 0 bridgehead atoms. The monoisotopic (exact) mass is 408 g/mol. The minimum atomic E-state index is -1.26. The van der Waals surface area contributed by atoms with Gasteiger partial charge >= 0.3 is 11.9 Å². The summed E-state index contributed by atoms with van der Waals surface area (Å²) in [6.07, 6.45) is 4.79. The molecule has 0 atom stereocenters. The minimum Gasteiger partial charge on any atom is -0.478 e. The van der Waals surface area contributed by atoms with Gasteiger partial charge in [-0.1, -0.05) is 0 Å². The van der Waals surface area contributed by atoms with Gasteiger partial charge in [0.05, 0.1) is 0 Å². The highest BCUT2D eigenvalue weighted by Gasteiger charge is 2.18. The van der Waals surface area contributed by atoms with E-state index < -0.39 is 11.9 Å². The molecule has 0 amide bonds. The van der Waals surface area contributed by atoms with Gasteiger partial charge in [0.25, 0.3) is 0 Å². The largest absolute Gasteiger partial charge is 0.478 e. The first-order valence-corrected chi connectivity index (χ1v) is 10.1. The van der Waals surface area contributed by atoms with E-state index in [2.05, 4.69) is 39.5 Å². The van der Waals surface area contributed by atoms with Crippen LogP contribution in [-0.4, -0.2) is 87.1 Å². The molecule has 2 aliphatic rings. The van der Waals surface area contributed by atoms with Crippen LogP contribution in [0.4, 0.5) is 0 Å². The molecule has 1 aromatic rings.